The van der Waals surface area contributed by atoms with Crippen molar-refractivity contribution in [1.82, 2.24) is 4.98 Å². The number of alkyl halides is 3. The van der Waals surface area contributed by atoms with Crippen molar-refractivity contribution in [1.29, 1.82) is 0 Å². The molecule has 2 nitrogen and oxygen atoms in total. The van der Waals surface area contributed by atoms with Gasteiger partial charge in [0.1, 0.15) is 11.5 Å². The molecule has 0 bridgehead atoms. The Morgan fingerprint density at radius 2 is 1.91 bits per heavy atom. The number of nitrogens with two attached hydrogens (primary N) is 1. The van der Waals surface area contributed by atoms with Crippen LogP contribution in [0.1, 0.15) is 34.8 Å². The number of rotatable bonds is 4. The maximum absolute atomic E-state index is 13.2. The molecular weight excluding hydrogens is 296 g/mol. The fourth-order valence-corrected chi connectivity index (χ4v) is 2.13. The molecule has 0 spiro atoms. The zero-order chi connectivity index (χ0) is 16.3. The molecule has 0 aliphatic rings. The molecule has 6 heteroatoms. The molecule has 1 heterocycles. The van der Waals surface area contributed by atoms with E-state index in [9.17, 15) is 17.6 Å². The van der Waals surface area contributed by atoms with E-state index in [1.807, 2.05) is 0 Å². The molecule has 2 rings (SSSR count). The molecule has 1 unspecified atom stereocenters. The second-order valence-corrected chi connectivity index (χ2v) is 5.20. The molecule has 0 radical (unpaired) electrons. The van der Waals surface area contributed by atoms with Gasteiger partial charge in [0.15, 0.2) is 0 Å². The Morgan fingerprint density at radius 1 is 1.18 bits per heavy atom. The Labute approximate surface area is 126 Å². The minimum atomic E-state index is -4.43. The zero-order valence-electron chi connectivity index (χ0n) is 12.0. The van der Waals surface area contributed by atoms with Crippen LogP contribution in [-0.4, -0.2) is 4.98 Å². The lowest BCUT2D eigenvalue weighted by molar-refractivity contribution is -0.141. The van der Waals surface area contributed by atoms with Crippen molar-refractivity contribution in [3.63, 3.8) is 0 Å². The average Bonchev–Trinajstić information content (AvgIpc) is 2.47. The Balaban J connectivity index is 1.98. The monoisotopic (exact) mass is 312 g/mol. The van der Waals surface area contributed by atoms with Crippen molar-refractivity contribution in [3.8, 4) is 0 Å². The van der Waals surface area contributed by atoms with Crippen molar-refractivity contribution >= 4 is 0 Å². The Bertz CT molecular complexity index is 636. The van der Waals surface area contributed by atoms with Gasteiger partial charge >= 0.3 is 6.18 Å². The SMILES string of the molecule is Cc1cc(C(N)CCc2ccc(C(F)(F)F)nc2)ccc1F. The normalized spacial score (nSPS) is 13.2. The number of benzene rings is 1. The lowest BCUT2D eigenvalue weighted by Crippen LogP contribution is -2.12. The lowest BCUT2D eigenvalue weighted by atomic mass is 9.99. The van der Waals surface area contributed by atoms with Gasteiger partial charge in [0.2, 0.25) is 0 Å². The van der Waals surface area contributed by atoms with Gasteiger partial charge in [-0.25, -0.2) is 4.39 Å². The molecule has 0 amide bonds. The highest BCUT2D eigenvalue weighted by Crippen LogP contribution is 2.27. The maximum atomic E-state index is 13.2. The highest BCUT2D eigenvalue weighted by molar-refractivity contribution is 5.26. The summed E-state index contributed by atoms with van der Waals surface area (Å²) >= 11 is 0. The standard InChI is InChI=1S/C16H16F4N2/c1-10-8-12(4-5-13(10)17)14(21)6-2-11-3-7-15(22-9-11)16(18,19)20/h3-5,7-9,14H,2,6,21H2,1H3. The average molecular weight is 312 g/mol. The molecule has 0 aliphatic carbocycles. The van der Waals surface area contributed by atoms with Crippen LogP contribution in [-0.2, 0) is 12.6 Å². The first-order valence-corrected chi connectivity index (χ1v) is 6.81. The molecule has 1 atom stereocenters. The fraction of sp³-hybridized carbons (Fsp3) is 0.312. The van der Waals surface area contributed by atoms with E-state index < -0.39 is 11.9 Å². The molecule has 1 aromatic heterocycles. The molecule has 0 saturated heterocycles. The summed E-state index contributed by atoms with van der Waals surface area (Å²) in [6.07, 6.45) is -2.17. The van der Waals surface area contributed by atoms with E-state index in [0.717, 1.165) is 11.6 Å². The van der Waals surface area contributed by atoms with E-state index in [1.165, 1.54) is 18.3 Å². The van der Waals surface area contributed by atoms with Gasteiger partial charge in [0.25, 0.3) is 0 Å². The van der Waals surface area contributed by atoms with E-state index in [-0.39, 0.29) is 11.9 Å². The van der Waals surface area contributed by atoms with Gasteiger partial charge in [0.05, 0.1) is 0 Å². The third-order valence-electron chi connectivity index (χ3n) is 3.47. The smallest absolute Gasteiger partial charge is 0.324 e. The second-order valence-electron chi connectivity index (χ2n) is 5.20. The predicted octanol–water partition coefficient (Wildman–Crippen LogP) is 4.18. The minimum Gasteiger partial charge on any atom is -0.324 e. The van der Waals surface area contributed by atoms with Crippen LogP contribution in [0.4, 0.5) is 17.6 Å². The number of aromatic nitrogens is 1. The summed E-state index contributed by atoms with van der Waals surface area (Å²) in [6.45, 7) is 1.66. The highest BCUT2D eigenvalue weighted by atomic mass is 19.4. The van der Waals surface area contributed by atoms with E-state index >= 15 is 0 Å². The van der Waals surface area contributed by atoms with E-state index in [2.05, 4.69) is 4.98 Å². The molecule has 118 valence electrons. The molecule has 0 aliphatic heterocycles. The Hall–Kier alpha value is -1.95. The largest absolute Gasteiger partial charge is 0.433 e. The van der Waals surface area contributed by atoms with Crippen LogP contribution in [0.2, 0.25) is 0 Å². The van der Waals surface area contributed by atoms with E-state index in [0.29, 0.717) is 24.0 Å². The summed E-state index contributed by atoms with van der Waals surface area (Å²) in [5.41, 5.74) is 7.14. The zero-order valence-corrected chi connectivity index (χ0v) is 12.0. The van der Waals surface area contributed by atoms with E-state index in [4.69, 9.17) is 5.73 Å². The third-order valence-corrected chi connectivity index (χ3v) is 3.47. The van der Waals surface area contributed by atoms with Gasteiger partial charge < -0.3 is 5.73 Å². The summed E-state index contributed by atoms with van der Waals surface area (Å²) in [4.78, 5) is 3.41. The van der Waals surface area contributed by atoms with Gasteiger partial charge in [-0.1, -0.05) is 18.2 Å². The number of nitrogens with zero attached hydrogens (tertiary/aromatic N) is 1. The van der Waals surface area contributed by atoms with Gasteiger partial charge in [-0.3, -0.25) is 4.98 Å². The Kier molecular flexibility index (Phi) is 4.81. The maximum Gasteiger partial charge on any atom is 0.433 e. The minimum absolute atomic E-state index is 0.289. The van der Waals surface area contributed by atoms with Crippen molar-refractivity contribution in [2.45, 2.75) is 32.0 Å². The molecule has 22 heavy (non-hydrogen) atoms. The summed E-state index contributed by atoms with van der Waals surface area (Å²) in [7, 11) is 0. The van der Waals surface area contributed by atoms with E-state index in [1.54, 1.807) is 19.1 Å². The van der Waals surface area contributed by atoms with Crippen LogP contribution >= 0.6 is 0 Å². The van der Waals surface area contributed by atoms with Crippen molar-refractivity contribution in [2.24, 2.45) is 5.73 Å². The van der Waals surface area contributed by atoms with Gasteiger partial charge in [-0.2, -0.15) is 13.2 Å². The summed E-state index contributed by atoms with van der Waals surface area (Å²) in [5.74, 6) is -0.289. The van der Waals surface area contributed by atoms with Gasteiger partial charge in [-0.15, -0.1) is 0 Å². The lowest BCUT2D eigenvalue weighted by Gasteiger charge is -2.13. The fourth-order valence-electron chi connectivity index (χ4n) is 2.13. The quantitative estimate of drug-likeness (QED) is 0.860. The topological polar surface area (TPSA) is 38.9 Å². The van der Waals surface area contributed by atoms with Gasteiger partial charge in [0, 0.05) is 12.2 Å². The van der Waals surface area contributed by atoms with Crippen LogP contribution in [0.3, 0.4) is 0 Å². The summed E-state index contributed by atoms with van der Waals surface area (Å²) < 4.78 is 50.4. The highest BCUT2D eigenvalue weighted by Gasteiger charge is 2.31. The number of halogens is 4. The first-order valence-electron chi connectivity index (χ1n) is 6.81. The van der Waals surface area contributed by atoms with Crippen molar-refractivity contribution < 1.29 is 17.6 Å². The molecular formula is C16H16F4N2. The molecule has 2 N–H and O–H groups in total. The second kappa shape index (κ2) is 6.44. The third kappa shape index (κ3) is 4.04. The van der Waals surface area contributed by atoms with Crippen molar-refractivity contribution in [2.75, 3.05) is 0 Å². The van der Waals surface area contributed by atoms with Crippen molar-refractivity contribution in [3.05, 3.63) is 64.7 Å². The molecule has 0 saturated carbocycles. The molecule has 1 aromatic carbocycles. The van der Waals surface area contributed by atoms with Crippen LogP contribution in [0.5, 0.6) is 0 Å². The Morgan fingerprint density at radius 3 is 2.45 bits per heavy atom. The molecule has 2 aromatic rings. The van der Waals surface area contributed by atoms with Crippen LogP contribution in [0.25, 0.3) is 0 Å². The predicted molar refractivity (Wildman–Crippen MR) is 75.6 cm³/mol. The summed E-state index contributed by atoms with van der Waals surface area (Å²) in [5, 5.41) is 0. The number of pyridine rings is 1. The molecule has 0 fully saturated rings. The number of hydrogen-bond acceptors (Lipinski definition) is 2. The van der Waals surface area contributed by atoms with Crippen LogP contribution in [0, 0.1) is 12.7 Å². The van der Waals surface area contributed by atoms with Crippen LogP contribution < -0.4 is 5.73 Å². The van der Waals surface area contributed by atoms with Crippen LogP contribution in [0.15, 0.2) is 36.5 Å². The van der Waals surface area contributed by atoms with Gasteiger partial charge in [-0.05, 0) is 48.6 Å². The number of aryl methyl sites for hydroxylation is 2. The summed E-state index contributed by atoms with van der Waals surface area (Å²) in [6, 6.07) is 6.73. The number of hydrogen-bond donors (Lipinski definition) is 1. The first kappa shape index (κ1) is 16.4. The first-order chi connectivity index (χ1) is 10.3.